The minimum Gasteiger partial charge on any atom is -0.507 e. The van der Waals surface area contributed by atoms with Crippen LogP contribution in [0, 0.1) is 6.92 Å². The highest BCUT2D eigenvalue weighted by Crippen LogP contribution is 2.34. The van der Waals surface area contributed by atoms with Crippen LogP contribution in [0.2, 0.25) is 0 Å². The van der Waals surface area contributed by atoms with E-state index in [0.717, 1.165) is 30.3 Å². The standard InChI is InChI=1S/C21H29NO5/c1-5-7-10-22(4)13-17-20(25)15(8-9-18(23)26-6-2)12-16-14(3)11-19(24)27-21(16)17/h11-12,25H,5-10,13H2,1-4H3. The number of fused-ring (bicyclic) bond motifs is 1. The summed E-state index contributed by atoms with van der Waals surface area (Å²) in [6.45, 7) is 7.40. The third-order valence-electron chi connectivity index (χ3n) is 4.61. The Morgan fingerprint density at radius 1 is 1.30 bits per heavy atom. The fourth-order valence-corrected chi connectivity index (χ4v) is 3.15. The third-order valence-corrected chi connectivity index (χ3v) is 4.61. The Morgan fingerprint density at radius 3 is 2.70 bits per heavy atom. The molecule has 0 aliphatic carbocycles. The molecule has 6 heteroatoms. The largest absolute Gasteiger partial charge is 0.507 e. The van der Waals surface area contributed by atoms with Crippen molar-refractivity contribution in [2.75, 3.05) is 20.2 Å². The van der Waals surface area contributed by atoms with E-state index in [1.54, 1.807) is 13.0 Å². The van der Waals surface area contributed by atoms with Gasteiger partial charge in [-0.15, -0.1) is 0 Å². The lowest BCUT2D eigenvalue weighted by molar-refractivity contribution is -0.143. The number of carbonyl (C=O) groups excluding carboxylic acids is 1. The van der Waals surface area contributed by atoms with Gasteiger partial charge in [0.05, 0.1) is 12.2 Å². The number of benzene rings is 1. The van der Waals surface area contributed by atoms with Crippen molar-refractivity contribution < 1.29 is 19.1 Å². The summed E-state index contributed by atoms with van der Waals surface area (Å²) >= 11 is 0. The minimum absolute atomic E-state index is 0.0869. The van der Waals surface area contributed by atoms with Crippen LogP contribution in [0.5, 0.6) is 5.75 Å². The molecule has 0 aliphatic heterocycles. The predicted octanol–water partition coefficient (Wildman–Crippen LogP) is 3.53. The second kappa shape index (κ2) is 9.55. The Kier molecular flexibility index (Phi) is 7.42. The minimum atomic E-state index is -0.434. The Labute approximate surface area is 159 Å². The molecule has 0 fully saturated rings. The van der Waals surface area contributed by atoms with Crippen LogP contribution in [0.15, 0.2) is 21.3 Å². The first-order chi connectivity index (χ1) is 12.9. The summed E-state index contributed by atoms with van der Waals surface area (Å²) in [5.74, 6) is -0.209. The molecular formula is C21H29NO5. The fraction of sp³-hybridized carbons (Fsp3) is 0.524. The molecule has 0 radical (unpaired) electrons. The average molecular weight is 375 g/mol. The van der Waals surface area contributed by atoms with Crippen LogP contribution >= 0.6 is 0 Å². The topological polar surface area (TPSA) is 80.0 Å². The first kappa shape index (κ1) is 21.0. The molecule has 1 N–H and O–H groups in total. The Hall–Kier alpha value is -2.34. The summed E-state index contributed by atoms with van der Waals surface area (Å²) in [5.41, 5.74) is 2.02. The highest BCUT2D eigenvalue weighted by atomic mass is 16.5. The molecule has 2 rings (SSSR count). The monoisotopic (exact) mass is 375 g/mol. The molecule has 0 atom stereocenters. The lowest BCUT2D eigenvalue weighted by Gasteiger charge is -2.19. The van der Waals surface area contributed by atoms with Gasteiger partial charge < -0.3 is 19.2 Å². The van der Waals surface area contributed by atoms with Crippen molar-refractivity contribution in [3.05, 3.63) is 39.2 Å². The van der Waals surface area contributed by atoms with Gasteiger partial charge in [-0.2, -0.15) is 0 Å². The summed E-state index contributed by atoms with van der Waals surface area (Å²) in [6, 6.07) is 3.25. The van der Waals surface area contributed by atoms with Gasteiger partial charge in [0.1, 0.15) is 11.3 Å². The van der Waals surface area contributed by atoms with Crippen LogP contribution in [0.25, 0.3) is 11.0 Å². The predicted molar refractivity (Wildman–Crippen MR) is 105 cm³/mol. The Bertz CT molecular complexity index is 856. The van der Waals surface area contributed by atoms with E-state index in [1.165, 1.54) is 6.07 Å². The zero-order chi connectivity index (χ0) is 20.0. The summed E-state index contributed by atoms with van der Waals surface area (Å²) < 4.78 is 10.4. The van der Waals surface area contributed by atoms with Crippen molar-refractivity contribution in [2.24, 2.45) is 0 Å². The van der Waals surface area contributed by atoms with Crippen molar-refractivity contribution >= 4 is 16.9 Å². The van der Waals surface area contributed by atoms with E-state index < -0.39 is 5.63 Å². The maximum Gasteiger partial charge on any atom is 0.336 e. The van der Waals surface area contributed by atoms with E-state index in [1.807, 2.05) is 14.0 Å². The average Bonchev–Trinajstić information content (AvgIpc) is 2.61. The number of ether oxygens (including phenoxy) is 1. The summed E-state index contributed by atoms with van der Waals surface area (Å²) in [7, 11) is 1.97. The Morgan fingerprint density at radius 2 is 2.04 bits per heavy atom. The van der Waals surface area contributed by atoms with E-state index in [0.29, 0.717) is 36.3 Å². The van der Waals surface area contributed by atoms with E-state index in [-0.39, 0.29) is 18.1 Å². The number of hydrogen-bond acceptors (Lipinski definition) is 6. The number of aryl methyl sites for hydroxylation is 2. The summed E-state index contributed by atoms with van der Waals surface area (Å²) in [5, 5.41) is 11.6. The molecule has 6 nitrogen and oxygen atoms in total. The molecule has 0 unspecified atom stereocenters. The molecule has 2 aromatic rings. The van der Waals surface area contributed by atoms with Gasteiger partial charge in [-0.05, 0) is 57.5 Å². The number of rotatable bonds is 9. The van der Waals surface area contributed by atoms with Gasteiger partial charge in [-0.3, -0.25) is 4.79 Å². The second-order valence-electron chi connectivity index (χ2n) is 6.88. The molecule has 0 saturated carbocycles. The molecule has 0 aliphatic rings. The molecule has 0 amide bonds. The normalized spacial score (nSPS) is 11.3. The molecule has 1 aromatic carbocycles. The number of hydrogen-bond donors (Lipinski definition) is 1. The van der Waals surface area contributed by atoms with Crippen LogP contribution in [0.3, 0.4) is 0 Å². The van der Waals surface area contributed by atoms with Crippen LogP contribution in [0.4, 0.5) is 0 Å². The van der Waals surface area contributed by atoms with Crippen molar-refractivity contribution in [1.29, 1.82) is 0 Å². The lowest BCUT2D eigenvalue weighted by Crippen LogP contribution is -2.19. The van der Waals surface area contributed by atoms with Crippen molar-refractivity contribution in [2.45, 2.75) is 53.0 Å². The van der Waals surface area contributed by atoms with Crippen LogP contribution in [-0.4, -0.2) is 36.2 Å². The molecule has 27 heavy (non-hydrogen) atoms. The second-order valence-corrected chi connectivity index (χ2v) is 6.88. The number of phenolic OH excluding ortho intramolecular Hbond substituents is 1. The summed E-state index contributed by atoms with van der Waals surface area (Å²) in [4.78, 5) is 25.7. The van der Waals surface area contributed by atoms with E-state index >= 15 is 0 Å². The smallest absolute Gasteiger partial charge is 0.336 e. The number of nitrogens with zero attached hydrogens (tertiary/aromatic N) is 1. The molecule has 1 heterocycles. The van der Waals surface area contributed by atoms with Crippen LogP contribution in [-0.2, 0) is 22.5 Å². The van der Waals surface area contributed by atoms with Gasteiger partial charge in [0.15, 0.2) is 0 Å². The van der Waals surface area contributed by atoms with Crippen LogP contribution in [0.1, 0.15) is 49.8 Å². The third kappa shape index (κ3) is 5.32. The zero-order valence-electron chi connectivity index (χ0n) is 16.6. The SMILES string of the molecule is CCCCN(C)Cc1c(O)c(CCC(=O)OCC)cc2c(C)cc(=O)oc12. The first-order valence-corrected chi connectivity index (χ1v) is 9.49. The van der Waals surface area contributed by atoms with Gasteiger partial charge in [-0.25, -0.2) is 4.79 Å². The van der Waals surface area contributed by atoms with Crippen molar-refractivity contribution in [1.82, 2.24) is 4.90 Å². The van der Waals surface area contributed by atoms with Crippen molar-refractivity contribution in [3.63, 3.8) is 0 Å². The molecule has 148 valence electrons. The molecule has 0 bridgehead atoms. The Balaban J connectivity index is 2.47. The van der Waals surface area contributed by atoms with Gasteiger partial charge in [0.2, 0.25) is 0 Å². The van der Waals surface area contributed by atoms with Gasteiger partial charge in [0, 0.05) is 24.4 Å². The number of carbonyl (C=O) groups is 1. The molecule has 0 saturated heterocycles. The van der Waals surface area contributed by atoms with Gasteiger partial charge in [0.25, 0.3) is 0 Å². The lowest BCUT2D eigenvalue weighted by atomic mass is 9.98. The molecule has 1 aromatic heterocycles. The molecule has 0 spiro atoms. The highest BCUT2D eigenvalue weighted by molar-refractivity contribution is 5.86. The first-order valence-electron chi connectivity index (χ1n) is 9.49. The highest BCUT2D eigenvalue weighted by Gasteiger charge is 2.19. The number of unbranched alkanes of at least 4 members (excludes halogenated alkanes) is 1. The maximum atomic E-state index is 11.9. The fourth-order valence-electron chi connectivity index (χ4n) is 3.15. The van der Waals surface area contributed by atoms with Crippen LogP contribution < -0.4 is 5.63 Å². The number of aromatic hydroxyl groups is 1. The van der Waals surface area contributed by atoms with Gasteiger partial charge >= 0.3 is 11.6 Å². The number of esters is 1. The van der Waals surface area contributed by atoms with E-state index in [9.17, 15) is 14.7 Å². The van der Waals surface area contributed by atoms with Crippen molar-refractivity contribution in [3.8, 4) is 5.75 Å². The van der Waals surface area contributed by atoms with E-state index in [2.05, 4.69) is 11.8 Å². The zero-order valence-corrected chi connectivity index (χ0v) is 16.6. The number of phenols is 1. The molecular weight excluding hydrogens is 346 g/mol. The maximum absolute atomic E-state index is 11.9. The quantitative estimate of drug-likeness (QED) is 0.533. The van der Waals surface area contributed by atoms with E-state index in [4.69, 9.17) is 9.15 Å². The summed E-state index contributed by atoms with van der Waals surface area (Å²) in [6.07, 6.45) is 2.67. The van der Waals surface area contributed by atoms with Gasteiger partial charge in [-0.1, -0.05) is 13.3 Å².